The van der Waals surface area contributed by atoms with Crippen molar-refractivity contribution >= 4 is 11.6 Å². The van der Waals surface area contributed by atoms with Crippen LogP contribution in [0.3, 0.4) is 0 Å². The Hall–Kier alpha value is -0.960. The van der Waals surface area contributed by atoms with Crippen LogP contribution in [-0.2, 0) is 14.3 Å². The molecular weight excluding hydrogens is 192 g/mol. The molecule has 1 heterocycles. The molecule has 0 radical (unpaired) electrons. The molecule has 3 fully saturated rings. The van der Waals surface area contributed by atoms with Gasteiger partial charge >= 0.3 is 0 Å². The molecule has 1 saturated heterocycles. The zero-order valence-corrected chi connectivity index (χ0v) is 8.47. The smallest absolute Gasteiger partial charge is 0.171 e. The van der Waals surface area contributed by atoms with Crippen LogP contribution in [0.2, 0.25) is 0 Å². The lowest BCUT2D eigenvalue weighted by Crippen LogP contribution is -2.47. The van der Waals surface area contributed by atoms with E-state index in [2.05, 4.69) is 12.2 Å². The van der Waals surface area contributed by atoms with Crippen LogP contribution in [0.1, 0.15) is 13.3 Å². The van der Waals surface area contributed by atoms with Gasteiger partial charge in [0.05, 0.1) is 0 Å². The van der Waals surface area contributed by atoms with E-state index in [0.717, 1.165) is 6.42 Å². The van der Waals surface area contributed by atoms with Gasteiger partial charge in [-0.25, -0.2) is 0 Å². The lowest BCUT2D eigenvalue weighted by molar-refractivity contribution is -0.138. The predicted octanol–water partition coefficient (Wildman–Crippen LogP) is 0.734. The van der Waals surface area contributed by atoms with Gasteiger partial charge in [-0.1, -0.05) is 12.2 Å². The van der Waals surface area contributed by atoms with Gasteiger partial charge in [0.2, 0.25) is 0 Å². The summed E-state index contributed by atoms with van der Waals surface area (Å²) in [6.45, 7) is 1.77. The first-order chi connectivity index (χ1) is 7.13. The van der Waals surface area contributed by atoms with Crippen molar-refractivity contribution in [2.75, 3.05) is 0 Å². The van der Waals surface area contributed by atoms with Gasteiger partial charge in [-0.2, -0.15) is 0 Å². The molecule has 3 aliphatic carbocycles. The Kier molecular flexibility index (Phi) is 1.15. The third-order valence-corrected chi connectivity index (χ3v) is 4.64. The highest BCUT2D eigenvalue weighted by molar-refractivity contribution is 6.09. The minimum absolute atomic E-state index is 0.0620. The Balaban J connectivity index is 1.85. The standard InChI is InChI=1S/C12H12O3/c1-12-10(14)8-6-3-2-5(4-6)7(8)9(13)11(12)15-12/h2-3,5-8,11H,4H2,1H3/t5-,6-,7+,8+,11+,12+/m0/s1. The number of ether oxygens (including phenoxy) is 1. The summed E-state index contributed by atoms with van der Waals surface area (Å²) in [6, 6.07) is 0. The summed E-state index contributed by atoms with van der Waals surface area (Å²) in [6.07, 6.45) is 4.81. The molecule has 4 aliphatic rings. The summed E-state index contributed by atoms with van der Waals surface area (Å²) in [5.41, 5.74) is -0.753. The van der Waals surface area contributed by atoms with Crippen molar-refractivity contribution < 1.29 is 14.3 Å². The highest BCUT2D eigenvalue weighted by Gasteiger charge is 2.72. The number of hydrogen-bond donors (Lipinski definition) is 0. The molecule has 4 rings (SSSR count). The highest BCUT2D eigenvalue weighted by atomic mass is 16.6. The number of epoxide rings is 1. The lowest BCUT2D eigenvalue weighted by Gasteiger charge is -2.30. The van der Waals surface area contributed by atoms with Gasteiger partial charge < -0.3 is 4.74 Å². The molecule has 0 N–H and O–H groups in total. The number of allylic oxidation sites excluding steroid dienone is 2. The van der Waals surface area contributed by atoms with Crippen LogP contribution < -0.4 is 0 Å². The Morgan fingerprint density at radius 3 is 2.67 bits per heavy atom. The van der Waals surface area contributed by atoms with Crippen LogP contribution in [-0.4, -0.2) is 23.3 Å². The molecule has 6 atom stereocenters. The fraction of sp³-hybridized carbons (Fsp3) is 0.667. The van der Waals surface area contributed by atoms with E-state index in [9.17, 15) is 9.59 Å². The van der Waals surface area contributed by atoms with Crippen LogP contribution >= 0.6 is 0 Å². The maximum absolute atomic E-state index is 12.2. The Morgan fingerprint density at radius 1 is 1.27 bits per heavy atom. The number of hydrogen-bond acceptors (Lipinski definition) is 3. The molecule has 0 aromatic heterocycles. The van der Waals surface area contributed by atoms with Crippen LogP contribution in [0.15, 0.2) is 12.2 Å². The van der Waals surface area contributed by atoms with E-state index in [1.54, 1.807) is 6.92 Å². The fourth-order valence-electron chi connectivity index (χ4n) is 3.80. The average molecular weight is 204 g/mol. The summed E-state index contributed by atoms with van der Waals surface area (Å²) in [5.74, 6) is 0.834. The normalized spacial score (nSPS) is 59.4. The van der Waals surface area contributed by atoms with E-state index in [1.165, 1.54) is 0 Å². The van der Waals surface area contributed by atoms with Crippen LogP contribution in [0, 0.1) is 23.7 Å². The number of rotatable bonds is 0. The van der Waals surface area contributed by atoms with Gasteiger partial charge in [0.15, 0.2) is 23.3 Å². The third-order valence-electron chi connectivity index (χ3n) is 4.64. The third kappa shape index (κ3) is 0.718. The second-order valence-electron chi connectivity index (χ2n) is 5.37. The maximum atomic E-state index is 12.2. The Labute approximate surface area is 87.5 Å². The van der Waals surface area contributed by atoms with Crippen molar-refractivity contribution in [2.24, 2.45) is 23.7 Å². The zero-order chi connectivity index (χ0) is 10.4. The summed E-state index contributed by atoms with van der Waals surface area (Å²) >= 11 is 0. The number of fused-ring (bicyclic) bond motifs is 6. The van der Waals surface area contributed by atoms with Gasteiger partial charge in [0.1, 0.15) is 0 Å². The largest absolute Gasteiger partial charge is 0.350 e. The van der Waals surface area contributed by atoms with E-state index < -0.39 is 11.7 Å². The molecule has 78 valence electrons. The van der Waals surface area contributed by atoms with Crippen molar-refractivity contribution in [1.82, 2.24) is 0 Å². The van der Waals surface area contributed by atoms with Gasteiger partial charge in [-0.3, -0.25) is 9.59 Å². The number of carbonyl (C=O) groups excluding carboxylic acids is 2. The van der Waals surface area contributed by atoms with Crippen molar-refractivity contribution in [3.8, 4) is 0 Å². The summed E-state index contributed by atoms with van der Waals surface area (Å²) < 4.78 is 5.32. The molecule has 3 nitrogen and oxygen atoms in total. The highest BCUT2D eigenvalue weighted by Crippen LogP contribution is 2.58. The predicted molar refractivity (Wildman–Crippen MR) is 51.0 cm³/mol. The van der Waals surface area contributed by atoms with Crippen LogP contribution in [0.5, 0.6) is 0 Å². The quantitative estimate of drug-likeness (QED) is 0.432. The van der Waals surface area contributed by atoms with Crippen LogP contribution in [0.4, 0.5) is 0 Å². The molecule has 0 aromatic rings. The second kappa shape index (κ2) is 2.09. The minimum Gasteiger partial charge on any atom is -0.350 e. The monoisotopic (exact) mass is 204 g/mol. The Bertz CT molecular complexity index is 425. The Morgan fingerprint density at radius 2 is 1.93 bits per heavy atom. The molecule has 0 unspecified atom stereocenters. The van der Waals surface area contributed by atoms with E-state index in [-0.39, 0.29) is 23.4 Å². The SMILES string of the molecule is C[C@]12O[C@@H]1C(=O)[C@H]1[C@H](C2=O)[C@H]2C=C[C@H]1C2. The summed E-state index contributed by atoms with van der Waals surface area (Å²) in [4.78, 5) is 24.3. The van der Waals surface area contributed by atoms with E-state index in [4.69, 9.17) is 4.74 Å². The van der Waals surface area contributed by atoms with Crippen molar-refractivity contribution in [3.05, 3.63) is 12.2 Å². The molecule has 0 amide bonds. The first-order valence-corrected chi connectivity index (χ1v) is 5.57. The second-order valence-corrected chi connectivity index (χ2v) is 5.37. The van der Waals surface area contributed by atoms with Crippen molar-refractivity contribution in [3.63, 3.8) is 0 Å². The minimum atomic E-state index is -0.753. The van der Waals surface area contributed by atoms with Gasteiger partial charge in [-0.15, -0.1) is 0 Å². The molecular formula is C12H12O3. The van der Waals surface area contributed by atoms with Gasteiger partial charge in [0.25, 0.3) is 0 Å². The van der Waals surface area contributed by atoms with Crippen molar-refractivity contribution in [2.45, 2.75) is 25.0 Å². The molecule has 0 aromatic carbocycles. The molecule has 2 bridgehead atoms. The van der Waals surface area contributed by atoms with E-state index in [0.29, 0.717) is 11.8 Å². The molecule has 3 heteroatoms. The molecule has 15 heavy (non-hydrogen) atoms. The molecule has 0 spiro atoms. The summed E-state index contributed by atoms with van der Waals surface area (Å²) in [7, 11) is 0. The molecule has 2 saturated carbocycles. The topological polar surface area (TPSA) is 46.7 Å². The zero-order valence-electron chi connectivity index (χ0n) is 8.47. The lowest BCUT2D eigenvalue weighted by atomic mass is 9.68. The van der Waals surface area contributed by atoms with E-state index >= 15 is 0 Å². The van der Waals surface area contributed by atoms with Gasteiger partial charge in [-0.05, 0) is 25.2 Å². The first-order valence-electron chi connectivity index (χ1n) is 5.57. The average Bonchev–Trinajstić information content (AvgIpc) is 2.64. The first kappa shape index (κ1) is 8.22. The number of carbonyl (C=O) groups is 2. The maximum Gasteiger partial charge on any atom is 0.171 e. The van der Waals surface area contributed by atoms with E-state index in [1.807, 2.05) is 0 Å². The number of Topliss-reactive ketones (excluding diaryl/α,β-unsaturated/α-hetero) is 2. The fourth-order valence-corrected chi connectivity index (χ4v) is 3.80. The molecule has 1 aliphatic heterocycles. The summed E-state index contributed by atoms with van der Waals surface area (Å²) in [5, 5.41) is 0. The number of ketones is 2. The van der Waals surface area contributed by atoms with Crippen molar-refractivity contribution in [1.29, 1.82) is 0 Å². The van der Waals surface area contributed by atoms with Gasteiger partial charge in [0, 0.05) is 11.8 Å². The van der Waals surface area contributed by atoms with Crippen LogP contribution in [0.25, 0.3) is 0 Å².